The Morgan fingerprint density at radius 3 is 2.41 bits per heavy atom. The molecule has 2 N–H and O–H groups in total. The molecule has 0 aliphatic heterocycles. The molecule has 0 unspecified atom stereocenters. The first-order valence-corrected chi connectivity index (χ1v) is 7.79. The van der Waals surface area contributed by atoms with Crippen LogP contribution in [0.15, 0.2) is 66.9 Å². The number of nitrogens with zero attached hydrogens (tertiary/aromatic N) is 1. The maximum atomic E-state index is 13.6. The van der Waals surface area contributed by atoms with Gasteiger partial charge in [0.25, 0.3) is 5.91 Å². The zero-order valence-corrected chi connectivity index (χ0v) is 13.7. The summed E-state index contributed by atoms with van der Waals surface area (Å²) < 4.78 is 51.8. The van der Waals surface area contributed by atoms with Gasteiger partial charge >= 0.3 is 6.18 Å². The highest BCUT2D eigenvalue weighted by molar-refractivity contribution is 6.04. The minimum absolute atomic E-state index is 0.0358. The molecule has 0 aliphatic rings. The van der Waals surface area contributed by atoms with Gasteiger partial charge in [-0.1, -0.05) is 18.2 Å². The van der Waals surface area contributed by atoms with Gasteiger partial charge in [-0.05, 0) is 42.5 Å². The van der Waals surface area contributed by atoms with E-state index < -0.39 is 23.5 Å². The van der Waals surface area contributed by atoms with Gasteiger partial charge in [0.05, 0.1) is 16.8 Å². The summed E-state index contributed by atoms with van der Waals surface area (Å²) in [5.74, 6) is -0.864. The number of amides is 1. The number of alkyl halides is 3. The second kappa shape index (κ2) is 7.45. The Kier molecular flexibility index (Phi) is 5.07. The highest BCUT2D eigenvalue weighted by Gasteiger charge is 2.30. The molecule has 138 valence electrons. The van der Waals surface area contributed by atoms with Crippen molar-refractivity contribution in [3.05, 3.63) is 83.8 Å². The van der Waals surface area contributed by atoms with Crippen molar-refractivity contribution in [2.75, 3.05) is 10.6 Å². The fourth-order valence-electron chi connectivity index (χ4n) is 2.28. The molecule has 0 spiro atoms. The number of pyridine rings is 1. The van der Waals surface area contributed by atoms with Crippen LogP contribution in [0.1, 0.15) is 15.9 Å². The Morgan fingerprint density at radius 2 is 1.74 bits per heavy atom. The van der Waals surface area contributed by atoms with E-state index in [1.807, 2.05) is 0 Å². The summed E-state index contributed by atoms with van der Waals surface area (Å²) in [5, 5.41) is 5.16. The van der Waals surface area contributed by atoms with Gasteiger partial charge in [-0.2, -0.15) is 13.2 Å². The predicted octanol–water partition coefficient (Wildman–Crippen LogP) is 5.24. The highest BCUT2D eigenvalue weighted by atomic mass is 19.4. The average Bonchev–Trinajstić information content (AvgIpc) is 2.64. The van der Waals surface area contributed by atoms with Crippen LogP contribution in [0.2, 0.25) is 0 Å². The third-order valence-electron chi connectivity index (χ3n) is 3.61. The fraction of sp³-hybridized carbons (Fsp3) is 0.0526. The van der Waals surface area contributed by atoms with Crippen molar-refractivity contribution in [1.82, 2.24) is 4.98 Å². The Balaban J connectivity index is 1.70. The fourth-order valence-corrected chi connectivity index (χ4v) is 2.28. The number of aromatic nitrogens is 1. The first kappa shape index (κ1) is 18.4. The maximum Gasteiger partial charge on any atom is 0.416 e. The second-order valence-electron chi connectivity index (χ2n) is 5.57. The third kappa shape index (κ3) is 4.60. The first-order chi connectivity index (χ1) is 12.8. The molecule has 1 heterocycles. The molecule has 3 rings (SSSR count). The molecule has 0 saturated carbocycles. The van der Waals surface area contributed by atoms with Crippen molar-refractivity contribution >= 4 is 23.1 Å². The van der Waals surface area contributed by atoms with Crippen molar-refractivity contribution in [3.63, 3.8) is 0 Å². The lowest BCUT2D eigenvalue weighted by Crippen LogP contribution is -2.13. The number of benzene rings is 2. The number of hydrogen-bond acceptors (Lipinski definition) is 3. The van der Waals surface area contributed by atoms with Crippen LogP contribution in [0, 0.1) is 5.82 Å². The molecule has 0 bridgehead atoms. The van der Waals surface area contributed by atoms with E-state index in [1.165, 1.54) is 48.7 Å². The minimum atomic E-state index is -4.44. The molecular formula is C19H13F4N3O. The Morgan fingerprint density at radius 1 is 0.963 bits per heavy atom. The lowest BCUT2D eigenvalue weighted by atomic mass is 10.2. The molecule has 0 aliphatic carbocycles. The normalized spacial score (nSPS) is 11.1. The van der Waals surface area contributed by atoms with Gasteiger partial charge in [0.2, 0.25) is 0 Å². The van der Waals surface area contributed by atoms with Crippen molar-refractivity contribution in [2.24, 2.45) is 0 Å². The number of anilines is 3. The summed E-state index contributed by atoms with van der Waals surface area (Å²) in [7, 11) is 0. The Bertz CT molecular complexity index is 956. The molecule has 4 nitrogen and oxygen atoms in total. The van der Waals surface area contributed by atoms with Crippen molar-refractivity contribution < 1.29 is 22.4 Å². The highest BCUT2D eigenvalue weighted by Crippen LogP contribution is 2.31. The van der Waals surface area contributed by atoms with Crippen LogP contribution in [-0.4, -0.2) is 10.9 Å². The predicted molar refractivity (Wildman–Crippen MR) is 93.3 cm³/mol. The van der Waals surface area contributed by atoms with Crippen LogP contribution in [0.25, 0.3) is 0 Å². The maximum absolute atomic E-state index is 13.6. The third-order valence-corrected chi connectivity index (χ3v) is 3.61. The Labute approximate surface area is 151 Å². The Hall–Kier alpha value is -3.42. The quantitative estimate of drug-likeness (QED) is 0.614. The number of para-hydroxylation sites is 1. The molecule has 27 heavy (non-hydrogen) atoms. The van der Waals surface area contributed by atoms with Crippen LogP contribution < -0.4 is 10.6 Å². The second-order valence-corrected chi connectivity index (χ2v) is 5.57. The van der Waals surface area contributed by atoms with Crippen LogP contribution in [0.3, 0.4) is 0 Å². The summed E-state index contributed by atoms with van der Waals surface area (Å²) in [6, 6.07) is 13.3. The molecule has 0 saturated heterocycles. The zero-order chi connectivity index (χ0) is 19.4. The lowest BCUT2D eigenvalue weighted by molar-refractivity contribution is -0.137. The molecule has 1 aromatic heterocycles. The molecule has 1 amide bonds. The van der Waals surface area contributed by atoms with Crippen LogP contribution >= 0.6 is 0 Å². The van der Waals surface area contributed by atoms with Gasteiger partial charge in [-0.3, -0.25) is 4.79 Å². The van der Waals surface area contributed by atoms with E-state index in [4.69, 9.17) is 0 Å². The molecule has 0 atom stereocenters. The summed E-state index contributed by atoms with van der Waals surface area (Å²) in [6.45, 7) is 0. The number of carbonyl (C=O) groups is 1. The standard InChI is InChI=1S/C19H13F4N3O/c20-15-6-1-2-7-16(15)26-18(27)12-8-9-17(24-11-12)25-14-5-3-4-13(10-14)19(21,22)23/h1-11H,(H,24,25)(H,26,27). The molecule has 8 heteroatoms. The van der Waals surface area contributed by atoms with E-state index >= 15 is 0 Å². The smallest absolute Gasteiger partial charge is 0.340 e. The summed E-state index contributed by atoms with van der Waals surface area (Å²) in [5.41, 5.74) is -0.365. The van der Waals surface area contributed by atoms with Crippen molar-refractivity contribution in [3.8, 4) is 0 Å². The molecular weight excluding hydrogens is 362 g/mol. The molecule has 0 fully saturated rings. The van der Waals surface area contributed by atoms with Crippen molar-refractivity contribution in [2.45, 2.75) is 6.18 Å². The molecule has 2 aromatic carbocycles. The number of carbonyl (C=O) groups excluding carboxylic acids is 1. The van der Waals surface area contributed by atoms with E-state index in [0.29, 0.717) is 0 Å². The zero-order valence-electron chi connectivity index (χ0n) is 13.7. The van der Waals surface area contributed by atoms with Crippen LogP contribution in [0.5, 0.6) is 0 Å². The van der Waals surface area contributed by atoms with E-state index in [-0.39, 0.29) is 22.8 Å². The van der Waals surface area contributed by atoms with Crippen LogP contribution in [-0.2, 0) is 6.18 Å². The van der Waals surface area contributed by atoms with E-state index in [1.54, 1.807) is 6.07 Å². The van der Waals surface area contributed by atoms with Gasteiger partial charge in [0.1, 0.15) is 11.6 Å². The molecule has 0 radical (unpaired) electrons. The number of rotatable bonds is 4. The summed E-state index contributed by atoms with van der Waals surface area (Å²) in [4.78, 5) is 16.1. The van der Waals surface area contributed by atoms with E-state index in [9.17, 15) is 22.4 Å². The average molecular weight is 375 g/mol. The molecule has 3 aromatic rings. The van der Waals surface area contributed by atoms with Gasteiger partial charge in [0, 0.05) is 11.9 Å². The summed E-state index contributed by atoms with van der Waals surface area (Å²) >= 11 is 0. The lowest BCUT2D eigenvalue weighted by Gasteiger charge is -2.10. The topological polar surface area (TPSA) is 54.0 Å². The summed E-state index contributed by atoms with van der Waals surface area (Å²) in [6.07, 6.45) is -3.20. The number of halogens is 4. The number of hydrogen-bond donors (Lipinski definition) is 2. The largest absolute Gasteiger partial charge is 0.416 e. The monoisotopic (exact) mass is 375 g/mol. The van der Waals surface area contributed by atoms with E-state index in [0.717, 1.165) is 12.1 Å². The number of nitrogens with one attached hydrogen (secondary N) is 2. The van der Waals surface area contributed by atoms with Crippen LogP contribution in [0.4, 0.5) is 34.8 Å². The van der Waals surface area contributed by atoms with Gasteiger partial charge in [-0.15, -0.1) is 0 Å². The SMILES string of the molecule is O=C(Nc1ccccc1F)c1ccc(Nc2cccc(C(F)(F)F)c2)nc1. The van der Waals surface area contributed by atoms with E-state index in [2.05, 4.69) is 15.6 Å². The first-order valence-electron chi connectivity index (χ1n) is 7.79. The van der Waals surface area contributed by atoms with Crippen molar-refractivity contribution in [1.29, 1.82) is 0 Å². The van der Waals surface area contributed by atoms with Gasteiger partial charge in [-0.25, -0.2) is 9.37 Å². The van der Waals surface area contributed by atoms with Gasteiger partial charge < -0.3 is 10.6 Å². The minimum Gasteiger partial charge on any atom is -0.340 e. The van der Waals surface area contributed by atoms with Gasteiger partial charge in [0.15, 0.2) is 0 Å².